The number of fused-ring (bicyclic) bond motifs is 1. The lowest BCUT2D eigenvalue weighted by Gasteiger charge is -2.30. The number of aromatic nitrogens is 1. The van der Waals surface area contributed by atoms with Gasteiger partial charge in [0.05, 0.1) is 25.5 Å². The summed E-state index contributed by atoms with van der Waals surface area (Å²) in [6.45, 7) is 3.73. The summed E-state index contributed by atoms with van der Waals surface area (Å²) in [5.74, 6) is 0.607. The summed E-state index contributed by atoms with van der Waals surface area (Å²) in [5, 5.41) is 3.84. The third kappa shape index (κ3) is 7.79. The van der Waals surface area contributed by atoms with Crippen LogP contribution in [0, 0.1) is 0 Å². The predicted octanol–water partition coefficient (Wildman–Crippen LogP) is 6.72. The van der Waals surface area contributed by atoms with Crippen LogP contribution in [0.3, 0.4) is 0 Å². The highest BCUT2D eigenvalue weighted by molar-refractivity contribution is 5.94. The molecule has 11 heteroatoms. The van der Waals surface area contributed by atoms with Crippen LogP contribution in [-0.2, 0) is 23.9 Å². The van der Waals surface area contributed by atoms with Crippen LogP contribution in [0.4, 0.5) is 23.7 Å². The molecule has 0 bridgehead atoms. The molecule has 8 nitrogen and oxygen atoms in total. The number of urea groups is 1. The molecular formula is C32H35F3N4O4. The molecule has 0 aliphatic rings. The van der Waals surface area contributed by atoms with Gasteiger partial charge in [0.1, 0.15) is 18.0 Å². The van der Waals surface area contributed by atoms with Crippen LogP contribution in [0.15, 0.2) is 72.9 Å². The van der Waals surface area contributed by atoms with Gasteiger partial charge in [-0.25, -0.2) is 4.79 Å². The number of rotatable bonds is 11. The summed E-state index contributed by atoms with van der Waals surface area (Å²) in [5.41, 5.74) is 2.17. The standard InChI is InChI=1S/C32H35F3N4O4/c1-21(2)39(31(41)37-28-14-13-25(42-3)17-29(28)43-4)20-30(40)38(19-22-9-11-24(12-10-22)32(33,34)35)16-15-23-18-36-27-8-6-5-7-26(23)27/h5-14,17-18,21,36H,15-16,19-20H2,1-4H3,(H,37,41). The third-order valence-electron chi connectivity index (χ3n) is 7.17. The summed E-state index contributed by atoms with van der Waals surface area (Å²) < 4.78 is 50.0. The van der Waals surface area contributed by atoms with Crippen LogP contribution >= 0.6 is 0 Å². The van der Waals surface area contributed by atoms with Gasteiger partial charge in [-0.3, -0.25) is 4.79 Å². The summed E-state index contributed by atoms with van der Waals surface area (Å²) in [6.07, 6.45) is -2.06. The van der Waals surface area contributed by atoms with Gasteiger partial charge in [-0.2, -0.15) is 13.2 Å². The first-order chi connectivity index (χ1) is 20.5. The number of benzene rings is 3. The molecule has 4 rings (SSSR count). The van der Waals surface area contributed by atoms with Crippen LogP contribution in [0.2, 0.25) is 0 Å². The number of H-pyrrole nitrogens is 1. The normalized spacial score (nSPS) is 11.4. The van der Waals surface area contributed by atoms with Gasteiger partial charge in [0.25, 0.3) is 0 Å². The van der Waals surface area contributed by atoms with Crippen molar-refractivity contribution in [3.63, 3.8) is 0 Å². The molecule has 0 fully saturated rings. The van der Waals surface area contributed by atoms with Crippen molar-refractivity contribution in [1.82, 2.24) is 14.8 Å². The molecule has 4 aromatic rings. The molecule has 228 valence electrons. The molecule has 3 amide bonds. The van der Waals surface area contributed by atoms with Crippen molar-refractivity contribution in [3.8, 4) is 11.5 Å². The largest absolute Gasteiger partial charge is 0.497 e. The van der Waals surface area contributed by atoms with Gasteiger partial charge in [-0.1, -0.05) is 30.3 Å². The molecule has 3 aromatic carbocycles. The summed E-state index contributed by atoms with van der Waals surface area (Å²) in [6, 6.07) is 16.7. The van der Waals surface area contributed by atoms with Gasteiger partial charge in [-0.05, 0) is 61.7 Å². The number of anilines is 1. The Labute approximate surface area is 248 Å². The van der Waals surface area contributed by atoms with Crippen LogP contribution in [0.5, 0.6) is 11.5 Å². The highest BCUT2D eigenvalue weighted by Crippen LogP contribution is 2.30. The van der Waals surface area contributed by atoms with Gasteiger partial charge in [-0.15, -0.1) is 0 Å². The highest BCUT2D eigenvalue weighted by atomic mass is 19.4. The average Bonchev–Trinajstić information content (AvgIpc) is 3.40. The lowest BCUT2D eigenvalue weighted by Crippen LogP contribution is -2.47. The van der Waals surface area contributed by atoms with E-state index < -0.39 is 17.8 Å². The number of amides is 3. The number of nitrogens with zero attached hydrogens (tertiary/aromatic N) is 2. The number of para-hydroxylation sites is 1. The molecule has 0 radical (unpaired) electrons. The number of carbonyl (C=O) groups excluding carboxylic acids is 2. The van der Waals surface area contributed by atoms with Gasteiger partial charge in [0.2, 0.25) is 5.91 Å². The van der Waals surface area contributed by atoms with Crippen molar-refractivity contribution in [2.75, 3.05) is 32.6 Å². The van der Waals surface area contributed by atoms with E-state index in [0.717, 1.165) is 28.6 Å². The number of halogens is 3. The first kappa shape index (κ1) is 31.3. The second kappa shape index (κ2) is 13.5. The molecule has 2 N–H and O–H groups in total. The number of hydrogen-bond acceptors (Lipinski definition) is 4. The van der Waals surface area contributed by atoms with Crippen LogP contribution in [0.1, 0.15) is 30.5 Å². The Morgan fingerprint density at radius 3 is 2.35 bits per heavy atom. The van der Waals surface area contributed by atoms with Crippen molar-refractivity contribution in [2.45, 2.75) is 39.0 Å². The maximum atomic E-state index is 13.8. The van der Waals surface area contributed by atoms with Gasteiger partial charge in [0, 0.05) is 42.3 Å². The minimum absolute atomic E-state index is 0.0825. The van der Waals surface area contributed by atoms with Crippen molar-refractivity contribution < 1.29 is 32.2 Å². The fourth-order valence-corrected chi connectivity index (χ4v) is 4.73. The number of alkyl halides is 3. The average molecular weight is 597 g/mol. The lowest BCUT2D eigenvalue weighted by molar-refractivity contribution is -0.137. The highest BCUT2D eigenvalue weighted by Gasteiger charge is 2.30. The van der Waals surface area contributed by atoms with Crippen molar-refractivity contribution >= 4 is 28.5 Å². The Bertz CT molecular complexity index is 1550. The Balaban J connectivity index is 1.54. The van der Waals surface area contributed by atoms with E-state index in [1.807, 2.05) is 30.5 Å². The van der Waals surface area contributed by atoms with E-state index in [1.54, 1.807) is 36.9 Å². The van der Waals surface area contributed by atoms with Gasteiger partial charge < -0.3 is 29.6 Å². The van der Waals surface area contributed by atoms with E-state index in [-0.39, 0.29) is 25.0 Å². The minimum Gasteiger partial charge on any atom is -0.497 e. The van der Waals surface area contributed by atoms with E-state index in [4.69, 9.17) is 9.47 Å². The van der Waals surface area contributed by atoms with Gasteiger partial charge in [0.15, 0.2) is 0 Å². The Kier molecular flexibility index (Phi) is 9.84. The van der Waals surface area contributed by atoms with Crippen molar-refractivity contribution in [2.24, 2.45) is 0 Å². The monoisotopic (exact) mass is 596 g/mol. The number of nitrogens with one attached hydrogen (secondary N) is 2. The quantitative estimate of drug-likeness (QED) is 0.201. The Morgan fingerprint density at radius 2 is 1.70 bits per heavy atom. The molecule has 43 heavy (non-hydrogen) atoms. The van der Waals surface area contributed by atoms with Gasteiger partial charge >= 0.3 is 12.2 Å². The molecule has 0 unspecified atom stereocenters. The van der Waals surface area contributed by atoms with E-state index in [1.165, 1.54) is 31.3 Å². The molecule has 0 spiro atoms. The fourth-order valence-electron chi connectivity index (χ4n) is 4.73. The molecule has 0 saturated carbocycles. The van der Waals surface area contributed by atoms with E-state index in [2.05, 4.69) is 10.3 Å². The van der Waals surface area contributed by atoms with Crippen LogP contribution in [0.25, 0.3) is 10.9 Å². The first-order valence-corrected chi connectivity index (χ1v) is 13.8. The zero-order chi connectivity index (χ0) is 31.1. The zero-order valence-corrected chi connectivity index (χ0v) is 24.5. The molecule has 1 aromatic heterocycles. The lowest BCUT2D eigenvalue weighted by atomic mass is 10.1. The number of ether oxygens (including phenoxy) is 2. The minimum atomic E-state index is -4.46. The smallest absolute Gasteiger partial charge is 0.416 e. The van der Waals surface area contributed by atoms with Crippen molar-refractivity contribution in [1.29, 1.82) is 0 Å². The van der Waals surface area contributed by atoms with E-state index in [9.17, 15) is 22.8 Å². The van der Waals surface area contributed by atoms with Crippen molar-refractivity contribution in [3.05, 3.63) is 89.6 Å². The first-order valence-electron chi connectivity index (χ1n) is 13.8. The number of carbonyl (C=O) groups is 2. The summed E-state index contributed by atoms with van der Waals surface area (Å²) in [4.78, 5) is 33.3. The molecule has 0 saturated heterocycles. The van der Waals surface area contributed by atoms with Crippen LogP contribution < -0.4 is 14.8 Å². The number of methoxy groups -OCH3 is 2. The molecule has 1 heterocycles. The van der Waals surface area contributed by atoms with Crippen LogP contribution in [-0.4, -0.2) is 60.1 Å². The molecular weight excluding hydrogens is 561 g/mol. The Morgan fingerprint density at radius 1 is 0.977 bits per heavy atom. The SMILES string of the molecule is COc1ccc(NC(=O)N(CC(=O)N(CCc2c[nH]c3ccccc23)Cc2ccc(C(F)(F)F)cc2)C(C)C)c(OC)c1. The molecule has 0 aliphatic carbocycles. The number of aromatic amines is 1. The second-order valence-corrected chi connectivity index (χ2v) is 10.3. The maximum Gasteiger partial charge on any atom is 0.416 e. The topological polar surface area (TPSA) is 86.9 Å². The summed E-state index contributed by atoms with van der Waals surface area (Å²) >= 11 is 0. The fraction of sp³-hybridized carbons (Fsp3) is 0.312. The Hall–Kier alpha value is -4.67. The molecule has 0 atom stereocenters. The van der Waals surface area contributed by atoms with E-state index in [0.29, 0.717) is 35.7 Å². The van der Waals surface area contributed by atoms with E-state index >= 15 is 0 Å². The summed E-state index contributed by atoms with van der Waals surface area (Å²) in [7, 11) is 3.00. The predicted molar refractivity (Wildman–Crippen MR) is 159 cm³/mol. The second-order valence-electron chi connectivity index (χ2n) is 10.3. The third-order valence-corrected chi connectivity index (χ3v) is 7.17. The zero-order valence-electron chi connectivity index (χ0n) is 24.5. The molecule has 0 aliphatic heterocycles. The maximum absolute atomic E-state index is 13.8. The number of hydrogen-bond donors (Lipinski definition) is 2.